The first-order valence-corrected chi connectivity index (χ1v) is 7.06. The van der Waals surface area contributed by atoms with E-state index in [4.69, 9.17) is 11.6 Å². The zero-order chi connectivity index (χ0) is 13.6. The molecule has 18 heavy (non-hydrogen) atoms. The van der Waals surface area contributed by atoms with Crippen molar-refractivity contribution < 1.29 is 13.2 Å². The Bertz CT molecular complexity index is 354. The van der Waals surface area contributed by atoms with Gasteiger partial charge in [-0.3, -0.25) is 0 Å². The van der Waals surface area contributed by atoms with Crippen molar-refractivity contribution in [1.82, 2.24) is 9.88 Å². The molecule has 0 radical (unpaired) electrons. The summed E-state index contributed by atoms with van der Waals surface area (Å²) in [7, 11) is 1.71. The van der Waals surface area contributed by atoms with Crippen LogP contribution in [0.25, 0.3) is 0 Å². The van der Waals surface area contributed by atoms with Crippen LogP contribution in [-0.2, 0) is 12.3 Å². The molecule has 0 saturated carbocycles. The molecule has 1 aromatic heterocycles. The molecule has 1 aromatic rings. The number of hydrogen-bond donors (Lipinski definition) is 0. The van der Waals surface area contributed by atoms with Crippen LogP contribution in [0.2, 0.25) is 0 Å². The van der Waals surface area contributed by atoms with Gasteiger partial charge in [0.25, 0.3) is 0 Å². The zero-order valence-electron chi connectivity index (χ0n) is 10.1. The molecule has 0 bridgehead atoms. The lowest BCUT2D eigenvalue weighted by Crippen LogP contribution is -2.25. The summed E-state index contributed by atoms with van der Waals surface area (Å²) in [4.78, 5) is 6.00. The summed E-state index contributed by atoms with van der Waals surface area (Å²) in [5.41, 5.74) is 0.863. The Morgan fingerprint density at radius 3 is 2.67 bits per heavy atom. The molecular formula is C11H16ClF3N2S. The summed E-state index contributed by atoms with van der Waals surface area (Å²) in [6.45, 7) is 0.695. The van der Waals surface area contributed by atoms with Crippen LogP contribution in [0.15, 0.2) is 5.38 Å². The Balaban J connectivity index is 2.17. The fourth-order valence-corrected chi connectivity index (χ4v) is 2.52. The number of aryl methyl sites for hydroxylation is 1. The van der Waals surface area contributed by atoms with Crippen LogP contribution < -0.4 is 0 Å². The number of alkyl halides is 4. The van der Waals surface area contributed by atoms with E-state index in [1.165, 1.54) is 0 Å². The van der Waals surface area contributed by atoms with Crippen molar-refractivity contribution in [3.05, 3.63) is 16.1 Å². The van der Waals surface area contributed by atoms with Gasteiger partial charge in [-0.1, -0.05) is 0 Å². The van der Waals surface area contributed by atoms with E-state index in [1.807, 2.05) is 5.38 Å². The molecule has 0 amide bonds. The Kier molecular flexibility index (Phi) is 6.38. The molecule has 0 N–H and O–H groups in total. The van der Waals surface area contributed by atoms with Gasteiger partial charge in [-0.25, -0.2) is 4.98 Å². The van der Waals surface area contributed by atoms with Gasteiger partial charge in [0.15, 0.2) is 0 Å². The fourth-order valence-electron chi connectivity index (χ4n) is 1.45. The molecular weight excluding hydrogens is 285 g/mol. The van der Waals surface area contributed by atoms with E-state index in [0.29, 0.717) is 12.4 Å². The zero-order valence-corrected chi connectivity index (χ0v) is 11.7. The van der Waals surface area contributed by atoms with Crippen LogP contribution in [0.3, 0.4) is 0 Å². The van der Waals surface area contributed by atoms with E-state index in [1.54, 1.807) is 23.3 Å². The summed E-state index contributed by atoms with van der Waals surface area (Å²) >= 11 is 7.19. The standard InChI is InChI=1S/C11H16ClF3N2S/c1-17(6-4-11(13,14)15)5-2-3-10-16-9(7-12)8-18-10/h8H,2-7H2,1H3. The third kappa shape index (κ3) is 6.56. The Labute approximate surface area is 114 Å². The lowest BCUT2D eigenvalue weighted by atomic mass is 10.3. The number of nitrogens with zero attached hydrogens (tertiary/aromatic N) is 2. The SMILES string of the molecule is CN(CCCc1nc(CCl)cs1)CCC(F)(F)F. The van der Waals surface area contributed by atoms with Crippen molar-refractivity contribution in [2.75, 3.05) is 20.1 Å². The van der Waals surface area contributed by atoms with Crippen LogP contribution in [0.1, 0.15) is 23.5 Å². The molecule has 0 aliphatic carbocycles. The van der Waals surface area contributed by atoms with Crippen molar-refractivity contribution in [3.63, 3.8) is 0 Å². The van der Waals surface area contributed by atoms with Gasteiger partial charge in [0.05, 0.1) is 23.0 Å². The molecule has 0 aromatic carbocycles. The minimum absolute atomic E-state index is 0.0499. The van der Waals surface area contributed by atoms with Crippen LogP contribution in [0, 0.1) is 0 Å². The quantitative estimate of drug-likeness (QED) is 0.714. The molecule has 1 heterocycles. The van der Waals surface area contributed by atoms with E-state index < -0.39 is 12.6 Å². The summed E-state index contributed by atoms with van der Waals surface area (Å²) in [5, 5.41) is 2.91. The normalized spacial score (nSPS) is 12.3. The maximum Gasteiger partial charge on any atom is 0.390 e. The van der Waals surface area contributed by atoms with Gasteiger partial charge in [0.2, 0.25) is 0 Å². The molecule has 1 rings (SSSR count). The fraction of sp³-hybridized carbons (Fsp3) is 0.727. The minimum Gasteiger partial charge on any atom is -0.306 e. The summed E-state index contributed by atoms with van der Waals surface area (Å²) in [6, 6.07) is 0. The number of aromatic nitrogens is 1. The van der Waals surface area contributed by atoms with E-state index in [9.17, 15) is 13.2 Å². The van der Waals surface area contributed by atoms with Crippen molar-refractivity contribution >= 4 is 22.9 Å². The highest BCUT2D eigenvalue weighted by molar-refractivity contribution is 7.09. The number of rotatable bonds is 7. The smallest absolute Gasteiger partial charge is 0.306 e. The summed E-state index contributed by atoms with van der Waals surface area (Å²) < 4.78 is 36.0. The Morgan fingerprint density at radius 2 is 2.11 bits per heavy atom. The highest BCUT2D eigenvalue weighted by atomic mass is 35.5. The predicted molar refractivity (Wildman–Crippen MR) is 68.2 cm³/mol. The number of thiazole rings is 1. The molecule has 104 valence electrons. The van der Waals surface area contributed by atoms with Gasteiger partial charge in [-0.15, -0.1) is 22.9 Å². The highest BCUT2D eigenvalue weighted by Crippen LogP contribution is 2.19. The summed E-state index contributed by atoms with van der Waals surface area (Å²) in [6.07, 6.45) is -3.22. The first kappa shape index (κ1) is 15.7. The second-order valence-corrected chi connectivity index (χ2v) is 5.35. The molecule has 0 unspecified atom stereocenters. The minimum atomic E-state index is -4.07. The molecule has 0 atom stereocenters. The van der Waals surface area contributed by atoms with Crippen LogP contribution in [0.4, 0.5) is 13.2 Å². The van der Waals surface area contributed by atoms with E-state index in [0.717, 1.165) is 23.5 Å². The number of hydrogen-bond acceptors (Lipinski definition) is 3. The topological polar surface area (TPSA) is 16.1 Å². The number of halogens is 4. The first-order valence-electron chi connectivity index (χ1n) is 5.65. The average Bonchev–Trinajstić information content (AvgIpc) is 2.73. The monoisotopic (exact) mass is 300 g/mol. The molecule has 0 aliphatic heterocycles. The maximum atomic E-state index is 12.0. The molecule has 7 heteroatoms. The van der Waals surface area contributed by atoms with Gasteiger partial charge in [-0.2, -0.15) is 13.2 Å². The lowest BCUT2D eigenvalue weighted by Gasteiger charge is -2.17. The van der Waals surface area contributed by atoms with Crippen LogP contribution in [-0.4, -0.2) is 36.2 Å². The molecule has 0 spiro atoms. The van der Waals surface area contributed by atoms with Crippen molar-refractivity contribution in [1.29, 1.82) is 0 Å². The van der Waals surface area contributed by atoms with E-state index >= 15 is 0 Å². The van der Waals surface area contributed by atoms with Gasteiger partial charge < -0.3 is 4.90 Å². The van der Waals surface area contributed by atoms with E-state index in [-0.39, 0.29) is 6.54 Å². The second-order valence-electron chi connectivity index (χ2n) is 4.14. The van der Waals surface area contributed by atoms with E-state index in [2.05, 4.69) is 4.98 Å². The lowest BCUT2D eigenvalue weighted by molar-refractivity contribution is -0.137. The van der Waals surface area contributed by atoms with Crippen LogP contribution >= 0.6 is 22.9 Å². The van der Waals surface area contributed by atoms with Crippen molar-refractivity contribution in [2.24, 2.45) is 0 Å². The molecule has 0 saturated heterocycles. The van der Waals surface area contributed by atoms with Gasteiger partial charge in [0, 0.05) is 18.3 Å². The summed E-state index contributed by atoms with van der Waals surface area (Å²) in [5.74, 6) is 0.405. The highest BCUT2D eigenvalue weighted by Gasteiger charge is 2.26. The second kappa shape index (κ2) is 7.31. The van der Waals surface area contributed by atoms with Crippen molar-refractivity contribution in [3.8, 4) is 0 Å². The maximum absolute atomic E-state index is 12.0. The van der Waals surface area contributed by atoms with Crippen LogP contribution in [0.5, 0.6) is 0 Å². The average molecular weight is 301 g/mol. The molecule has 2 nitrogen and oxygen atoms in total. The predicted octanol–water partition coefficient (Wildman–Crippen LogP) is 3.70. The largest absolute Gasteiger partial charge is 0.390 e. The third-order valence-corrected chi connectivity index (χ3v) is 3.67. The molecule has 0 aliphatic rings. The Morgan fingerprint density at radius 1 is 1.39 bits per heavy atom. The molecule has 0 fully saturated rings. The Hall–Kier alpha value is -0.330. The first-order chi connectivity index (χ1) is 8.40. The van der Waals surface area contributed by atoms with Gasteiger partial charge in [0.1, 0.15) is 0 Å². The van der Waals surface area contributed by atoms with Crippen molar-refractivity contribution in [2.45, 2.75) is 31.3 Å². The van der Waals surface area contributed by atoms with Gasteiger partial charge >= 0.3 is 6.18 Å². The third-order valence-electron chi connectivity index (χ3n) is 2.44. The van der Waals surface area contributed by atoms with Gasteiger partial charge in [-0.05, 0) is 20.0 Å².